The summed E-state index contributed by atoms with van der Waals surface area (Å²) in [4.78, 5) is 0. The van der Waals surface area contributed by atoms with Gasteiger partial charge in [-0.25, -0.2) is 0 Å². The van der Waals surface area contributed by atoms with Crippen molar-refractivity contribution in [2.75, 3.05) is 35.0 Å². The molecule has 5 heteroatoms. The van der Waals surface area contributed by atoms with E-state index in [1.165, 1.54) is 5.57 Å². The molecule has 5 nitrogen and oxygen atoms in total. The van der Waals surface area contributed by atoms with Gasteiger partial charge in [-0.1, -0.05) is 25.5 Å². The minimum atomic E-state index is -0.164. The monoisotopic (exact) mass is 416 g/mol. The lowest BCUT2D eigenvalue weighted by atomic mass is 9.96. The Hall–Kier alpha value is -2.40. The number of allylic oxidation sites excluding steroid dienone is 1. The van der Waals surface area contributed by atoms with E-state index >= 15 is 0 Å². The molecule has 0 amide bonds. The van der Waals surface area contributed by atoms with Gasteiger partial charge in [0, 0.05) is 12.2 Å². The predicted molar refractivity (Wildman–Crippen MR) is 122 cm³/mol. The molecule has 30 heavy (non-hydrogen) atoms. The highest BCUT2D eigenvalue weighted by atomic mass is 16.5. The van der Waals surface area contributed by atoms with Gasteiger partial charge in [-0.15, -0.1) is 0 Å². The van der Waals surface area contributed by atoms with Crippen molar-refractivity contribution in [2.24, 2.45) is 5.92 Å². The number of hydrogen-bond donors (Lipinski definition) is 0. The van der Waals surface area contributed by atoms with Crippen molar-refractivity contribution in [1.29, 1.82) is 0 Å². The molecule has 0 saturated heterocycles. The predicted octanol–water partition coefficient (Wildman–Crippen LogP) is 6.33. The third-order valence-corrected chi connectivity index (χ3v) is 5.12. The first kappa shape index (κ1) is 23.9. The number of benzene rings is 2. The van der Waals surface area contributed by atoms with Crippen LogP contribution >= 0.6 is 0 Å². The summed E-state index contributed by atoms with van der Waals surface area (Å²) in [6.07, 6.45) is 3.77. The standard InChI is InChI=1S/C25H36O5/c1-16(2)9-10-19(30-14-13-17(3)4)18-15-22(28-7)23-20(26-5)11-12-21(27-6)24(23)25(18)29-8/h9,11-12,15,17,19H,10,13-14H2,1-8H3. The van der Waals surface area contributed by atoms with E-state index in [0.29, 0.717) is 29.8 Å². The number of rotatable bonds is 11. The molecule has 2 aromatic rings. The van der Waals surface area contributed by atoms with E-state index in [9.17, 15) is 0 Å². The number of methoxy groups -OCH3 is 4. The SMILES string of the molecule is COc1ccc(OC)c2c(OC)c(C(CC=C(C)C)OCCC(C)C)cc(OC)c12. The Kier molecular flexibility index (Phi) is 8.85. The van der Waals surface area contributed by atoms with Crippen molar-refractivity contribution >= 4 is 10.8 Å². The van der Waals surface area contributed by atoms with Crippen molar-refractivity contribution in [3.63, 3.8) is 0 Å². The van der Waals surface area contributed by atoms with Crippen LogP contribution in [0.4, 0.5) is 0 Å². The van der Waals surface area contributed by atoms with Gasteiger partial charge in [-0.05, 0) is 50.8 Å². The normalized spacial score (nSPS) is 12.0. The maximum Gasteiger partial charge on any atom is 0.136 e. The molecule has 0 fully saturated rings. The highest BCUT2D eigenvalue weighted by Gasteiger charge is 2.25. The maximum absolute atomic E-state index is 6.36. The third-order valence-electron chi connectivity index (χ3n) is 5.12. The largest absolute Gasteiger partial charge is 0.496 e. The Morgan fingerprint density at radius 1 is 0.867 bits per heavy atom. The molecule has 1 atom stereocenters. The second kappa shape index (κ2) is 11.1. The Balaban J connectivity index is 2.73. The highest BCUT2D eigenvalue weighted by Crippen LogP contribution is 2.48. The van der Waals surface area contributed by atoms with E-state index in [1.807, 2.05) is 18.2 Å². The second-order valence-corrected chi connectivity index (χ2v) is 7.98. The number of ether oxygens (including phenoxy) is 5. The van der Waals surface area contributed by atoms with Crippen LogP contribution in [0.1, 0.15) is 52.2 Å². The topological polar surface area (TPSA) is 46.2 Å². The van der Waals surface area contributed by atoms with Crippen LogP contribution in [0.2, 0.25) is 0 Å². The Bertz CT molecular complexity index is 866. The van der Waals surface area contributed by atoms with E-state index in [1.54, 1.807) is 28.4 Å². The van der Waals surface area contributed by atoms with Crippen LogP contribution in [-0.2, 0) is 4.74 Å². The van der Waals surface area contributed by atoms with Gasteiger partial charge in [-0.3, -0.25) is 0 Å². The molecule has 0 aliphatic rings. The van der Waals surface area contributed by atoms with Crippen LogP contribution in [0.3, 0.4) is 0 Å². The highest BCUT2D eigenvalue weighted by molar-refractivity contribution is 6.03. The third kappa shape index (κ3) is 5.39. The Morgan fingerprint density at radius 3 is 1.97 bits per heavy atom. The molecule has 1 unspecified atom stereocenters. The summed E-state index contributed by atoms with van der Waals surface area (Å²) in [6.45, 7) is 9.27. The zero-order valence-corrected chi connectivity index (χ0v) is 19.6. The van der Waals surface area contributed by atoms with Crippen LogP contribution in [0.15, 0.2) is 29.8 Å². The van der Waals surface area contributed by atoms with Crippen LogP contribution in [0, 0.1) is 5.92 Å². The summed E-state index contributed by atoms with van der Waals surface area (Å²) in [5.74, 6) is 3.40. The molecular weight excluding hydrogens is 380 g/mol. The van der Waals surface area contributed by atoms with E-state index < -0.39 is 0 Å². The lowest BCUT2D eigenvalue weighted by Gasteiger charge is -2.24. The van der Waals surface area contributed by atoms with Gasteiger partial charge < -0.3 is 23.7 Å². The molecule has 0 aliphatic heterocycles. The fraction of sp³-hybridized carbons (Fsp3) is 0.520. The molecular formula is C25H36O5. The lowest BCUT2D eigenvalue weighted by Crippen LogP contribution is -2.10. The van der Waals surface area contributed by atoms with Crippen LogP contribution in [0.25, 0.3) is 10.8 Å². The summed E-state index contributed by atoms with van der Waals surface area (Å²) in [7, 11) is 6.64. The first-order valence-corrected chi connectivity index (χ1v) is 10.4. The van der Waals surface area contributed by atoms with E-state index in [0.717, 1.165) is 34.9 Å². The number of fused-ring (bicyclic) bond motifs is 1. The molecule has 0 aromatic heterocycles. The summed E-state index contributed by atoms with van der Waals surface area (Å²) >= 11 is 0. The summed E-state index contributed by atoms with van der Waals surface area (Å²) in [5, 5.41) is 1.64. The van der Waals surface area contributed by atoms with Gasteiger partial charge in [0.2, 0.25) is 0 Å². The molecule has 0 spiro atoms. The minimum absolute atomic E-state index is 0.164. The minimum Gasteiger partial charge on any atom is -0.496 e. The van der Waals surface area contributed by atoms with Crippen molar-refractivity contribution in [3.05, 3.63) is 35.4 Å². The van der Waals surface area contributed by atoms with Crippen LogP contribution in [0.5, 0.6) is 23.0 Å². The molecule has 0 aliphatic carbocycles. The zero-order chi connectivity index (χ0) is 22.3. The van der Waals surface area contributed by atoms with Gasteiger partial charge in [0.25, 0.3) is 0 Å². The summed E-state index contributed by atoms with van der Waals surface area (Å²) in [5.41, 5.74) is 2.19. The average Bonchev–Trinajstić information content (AvgIpc) is 2.73. The van der Waals surface area contributed by atoms with Crippen molar-refractivity contribution in [1.82, 2.24) is 0 Å². The molecule has 2 aromatic carbocycles. The first-order chi connectivity index (χ1) is 14.4. The van der Waals surface area contributed by atoms with Gasteiger partial charge in [0.1, 0.15) is 23.0 Å². The molecule has 0 radical (unpaired) electrons. The Labute approximate surface area is 180 Å². The van der Waals surface area contributed by atoms with Gasteiger partial charge in [0.15, 0.2) is 0 Å². The second-order valence-electron chi connectivity index (χ2n) is 7.98. The van der Waals surface area contributed by atoms with E-state index in [4.69, 9.17) is 23.7 Å². The molecule has 0 N–H and O–H groups in total. The zero-order valence-electron chi connectivity index (χ0n) is 19.6. The first-order valence-electron chi connectivity index (χ1n) is 10.4. The smallest absolute Gasteiger partial charge is 0.136 e. The fourth-order valence-corrected chi connectivity index (χ4v) is 3.49. The van der Waals surface area contributed by atoms with Gasteiger partial charge in [-0.2, -0.15) is 0 Å². The Morgan fingerprint density at radius 2 is 1.47 bits per heavy atom. The molecule has 166 valence electrons. The number of hydrogen-bond acceptors (Lipinski definition) is 5. The summed E-state index contributed by atoms with van der Waals surface area (Å²) in [6, 6.07) is 5.77. The van der Waals surface area contributed by atoms with Crippen molar-refractivity contribution < 1.29 is 23.7 Å². The summed E-state index contributed by atoms with van der Waals surface area (Å²) < 4.78 is 29.3. The van der Waals surface area contributed by atoms with Gasteiger partial charge in [0.05, 0.1) is 45.3 Å². The molecule has 0 saturated carbocycles. The van der Waals surface area contributed by atoms with Crippen LogP contribution < -0.4 is 18.9 Å². The van der Waals surface area contributed by atoms with E-state index in [-0.39, 0.29) is 6.10 Å². The maximum atomic E-state index is 6.36. The van der Waals surface area contributed by atoms with Crippen LogP contribution in [-0.4, -0.2) is 35.0 Å². The molecule has 2 rings (SSSR count). The van der Waals surface area contributed by atoms with E-state index in [2.05, 4.69) is 33.8 Å². The fourth-order valence-electron chi connectivity index (χ4n) is 3.49. The molecule has 0 bridgehead atoms. The van der Waals surface area contributed by atoms with Crippen molar-refractivity contribution in [3.8, 4) is 23.0 Å². The lowest BCUT2D eigenvalue weighted by molar-refractivity contribution is 0.0460. The van der Waals surface area contributed by atoms with Crippen molar-refractivity contribution in [2.45, 2.75) is 46.6 Å². The average molecular weight is 417 g/mol. The quantitative estimate of drug-likeness (QED) is 0.400. The molecule has 0 heterocycles. The van der Waals surface area contributed by atoms with Gasteiger partial charge >= 0.3 is 0 Å².